The summed E-state index contributed by atoms with van der Waals surface area (Å²) in [5, 5.41) is 0.635. The van der Waals surface area contributed by atoms with Gasteiger partial charge in [0.05, 0.1) is 17.5 Å². The van der Waals surface area contributed by atoms with Crippen molar-refractivity contribution < 1.29 is 4.79 Å². The first-order valence-electron chi connectivity index (χ1n) is 6.80. The molecule has 0 radical (unpaired) electrons. The minimum atomic E-state index is 0.113. The Kier molecular flexibility index (Phi) is 3.76. The molecule has 3 rings (SSSR count). The summed E-state index contributed by atoms with van der Waals surface area (Å²) in [6.07, 6.45) is 0.652. The first-order valence-corrected chi connectivity index (χ1v) is 7.18. The molecular formula is C17H15ClN2O. The summed E-state index contributed by atoms with van der Waals surface area (Å²) in [4.78, 5) is 16.8. The lowest BCUT2D eigenvalue weighted by Gasteiger charge is -2.04. The zero-order valence-corrected chi connectivity index (χ0v) is 12.5. The second-order valence-corrected chi connectivity index (χ2v) is 5.47. The summed E-state index contributed by atoms with van der Waals surface area (Å²) in [6, 6.07) is 15.3. The van der Waals surface area contributed by atoms with Crippen LogP contribution in [0.25, 0.3) is 11.0 Å². The van der Waals surface area contributed by atoms with Crippen LogP contribution in [0.1, 0.15) is 11.4 Å². The van der Waals surface area contributed by atoms with E-state index in [-0.39, 0.29) is 5.78 Å². The molecule has 3 nitrogen and oxygen atoms in total. The number of aryl methyl sites for hydroxylation is 1. The molecule has 3 aromatic rings. The zero-order valence-electron chi connectivity index (χ0n) is 11.7. The summed E-state index contributed by atoms with van der Waals surface area (Å²) in [6.45, 7) is 0. The number of carbonyl (C=O) groups is 1. The highest BCUT2D eigenvalue weighted by molar-refractivity contribution is 6.31. The number of para-hydroxylation sites is 2. The van der Waals surface area contributed by atoms with Gasteiger partial charge in [-0.1, -0.05) is 41.9 Å². The van der Waals surface area contributed by atoms with E-state index >= 15 is 0 Å². The molecule has 0 aliphatic carbocycles. The van der Waals surface area contributed by atoms with E-state index in [1.165, 1.54) is 0 Å². The molecule has 106 valence electrons. The van der Waals surface area contributed by atoms with Gasteiger partial charge >= 0.3 is 0 Å². The predicted octanol–water partition coefficient (Wildman–Crippen LogP) is 3.58. The van der Waals surface area contributed by atoms with Crippen LogP contribution in [0.5, 0.6) is 0 Å². The molecule has 0 atom stereocenters. The highest BCUT2D eigenvalue weighted by Gasteiger charge is 2.13. The summed E-state index contributed by atoms with van der Waals surface area (Å²) < 4.78 is 1.97. The number of halogens is 1. The number of benzene rings is 2. The van der Waals surface area contributed by atoms with Crippen LogP contribution in [-0.2, 0) is 24.7 Å². The van der Waals surface area contributed by atoms with E-state index in [1.807, 2.05) is 54.1 Å². The number of fused-ring (bicyclic) bond motifs is 1. The van der Waals surface area contributed by atoms with E-state index in [1.54, 1.807) is 6.07 Å². The molecule has 0 unspecified atom stereocenters. The van der Waals surface area contributed by atoms with Crippen molar-refractivity contribution >= 4 is 28.4 Å². The fraction of sp³-hybridized carbons (Fsp3) is 0.176. The Bertz CT molecular complexity index is 807. The Labute approximate surface area is 128 Å². The summed E-state index contributed by atoms with van der Waals surface area (Å²) in [5.74, 6) is 0.898. The SMILES string of the molecule is Cn1c(CC(=O)Cc2ccccc2Cl)nc2ccccc21. The van der Waals surface area contributed by atoms with Crippen molar-refractivity contribution in [2.75, 3.05) is 0 Å². The van der Waals surface area contributed by atoms with Crippen LogP contribution in [0, 0.1) is 0 Å². The first-order chi connectivity index (χ1) is 10.1. The maximum Gasteiger partial charge on any atom is 0.144 e. The average molecular weight is 299 g/mol. The number of nitrogens with zero attached hydrogens (tertiary/aromatic N) is 2. The number of aromatic nitrogens is 2. The van der Waals surface area contributed by atoms with E-state index in [4.69, 9.17) is 11.6 Å². The molecule has 1 aromatic heterocycles. The van der Waals surface area contributed by atoms with Crippen LogP contribution in [-0.4, -0.2) is 15.3 Å². The molecule has 4 heteroatoms. The Hall–Kier alpha value is -2.13. The minimum Gasteiger partial charge on any atom is -0.331 e. The smallest absolute Gasteiger partial charge is 0.144 e. The lowest BCUT2D eigenvalue weighted by molar-refractivity contribution is -0.117. The largest absolute Gasteiger partial charge is 0.331 e. The molecule has 0 saturated carbocycles. The number of carbonyl (C=O) groups excluding carboxylic acids is 1. The van der Waals surface area contributed by atoms with Crippen LogP contribution < -0.4 is 0 Å². The topological polar surface area (TPSA) is 34.9 Å². The number of hydrogen-bond donors (Lipinski definition) is 0. The van der Waals surface area contributed by atoms with Crippen LogP contribution >= 0.6 is 11.6 Å². The third-order valence-electron chi connectivity index (χ3n) is 3.58. The van der Waals surface area contributed by atoms with E-state index < -0.39 is 0 Å². The molecule has 1 heterocycles. The van der Waals surface area contributed by atoms with Gasteiger partial charge in [0, 0.05) is 18.5 Å². The molecule has 2 aromatic carbocycles. The number of hydrogen-bond acceptors (Lipinski definition) is 2. The van der Waals surface area contributed by atoms with Crippen molar-refractivity contribution in [1.29, 1.82) is 0 Å². The van der Waals surface area contributed by atoms with Crippen LogP contribution in [0.15, 0.2) is 48.5 Å². The molecule has 0 saturated heterocycles. The summed E-state index contributed by atoms with van der Waals surface area (Å²) in [5.41, 5.74) is 2.82. The second kappa shape index (κ2) is 5.70. The predicted molar refractivity (Wildman–Crippen MR) is 84.6 cm³/mol. The Morgan fingerprint density at radius 3 is 2.57 bits per heavy atom. The highest BCUT2D eigenvalue weighted by Crippen LogP contribution is 2.18. The van der Waals surface area contributed by atoms with Crippen molar-refractivity contribution in [2.45, 2.75) is 12.8 Å². The highest BCUT2D eigenvalue weighted by atomic mass is 35.5. The molecule has 0 fully saturated rings. The molecule has 0 aliphatic heterocycles. The Morgan fingerprint density at radius 2 is 1.81 bits per heavy atom. The van der Waals surface area contributed by atoms with Gasteiger partial charge in [-0.05, 0) is 23.8 Å². The van der Waals surface area contributed by atoms with E-state index in [9.17, 15) is 4.79 Å². The van der Waals surface area contributed by atoms with Crippen LogP contribution in [0.3, 0.4) is 0 Å². The van der Waals surface area contributed by atoms with Gasteiger partial charge in [0.25, 0.3) is 0 Å². The average Bonchev–Trinajstić information content (AvgIpc) is 2.78. The fourth-order valence-corrected chi connectivity index (χ4v) is 2.65. The monoisotopic (exact) mass is 298 g/mol. The minimum absolute atomic E-state index is 0.113. The molecule has 0 spiro atoms. The Balaban J connectivity index is 1.81. The molecule has 0 amide bonds. The third-order valence-corrected chi connectivity index (χ3v) is 3.95. The third kappa shape index (κ3) is 2.83. The van der Waals surface area contributed by atoms with Gasteiger partial charge in [-0.2, -0.15) is 0 Å². The van der Waals surface area contributed by atoms with Crippen molar-refractivity contribution in [3.8, 4) is 0 Å². The van der Waals surface area contributed by atoms with Gasteiger partial charge in [0.2, 0.25) is 0 Å². The van der Waals surface area contributed by atoms with Gasteiger partial charge in [-0.15, -0.1) is 0 Å². The summed E-state index contributed by atoms with van der Waals surface area (Å²) >= 11 is 6.09. The number of imidazole rings is 1. The molecule has 0 aliphatic rings. The van der Waals surface area contributed by atoms with Gasteiger partial charge < -0.3 is 4.57 Å². The van der Waals surface area contributed by atoms with E-state index in [2.05, 4.69) is 4.98 Å². The summed E-state index contributed by atoms with van der Waals surface area (Å²) in [7, 11) is 1.94. The molecular weight excluding hydrogens is 284 g/mol. The van der Waals surface area contributed by atoms with Gasteiger partial charge in [-0.25, -0.2) is 4.98 Å². The number of Topliss-reactive ketones (excluding diaryl/α,β-unsaturated/α-hetero) is 1. The number of rotatable bonds is 4. The standard InChI is InChI=1S/C17H15ClN2O/c1-20-16-9-5-4-8-15(16)19-17(20)11-13(21)10-12-6-2-3-7-14(12)18/h2-9H,10-11H2,1H3. The van der Waals surface area contributed by atoms with E-state index in [0.717, 1.165) is 22.4 Å². The molecule has 0 N–H and O–H groups in total. The lowest BCUT2D eigenvalue weighted by Crippen LogP contribution is -2.10. The van der Waals surface area contributed by atoms with Crippen molar-refractivity contribution in [2.24, 2.45) is 7.05 Å². The normalized spacial score (nSPS) is 11.0. The fourth-order valence-electron chi connectivity index (χ4n) is 2.45. The molecule has 0 bridgehead atoms. The van der Waals surface area contributed by atoms with Gasteiger partial charge in [0.1, 0.15) is 11.6 Å². The zero-order chi connectivity index (χ0) is 14.8. The van der Waals surface area contributed by atoms with Crippen molar-refractivity contribution in [1.82, 2.24) is 9.55 Å². The Morgan fingerprint density at radius 1 is 1.10 bits per heavy atom. The molecule has 21 heavy (non-hydrogen) atoms. The van der Waals surface area contributed by atoms with Crippen LogP contribution in [0.4, 0.5) is 0 Å². The van der Waals surface area contributed by atoms with Crippen molar-refractivity contribution in [3.05, 3.63) is 64.9 Å². The van der Waals surface area contributed by atoms with Crippen molar-refractivity contribution in [3.63, 3.8) is 0 Å². The van der Waals surface area contributed by atoms with Crippen LogP contribution in [0.2, 0.25) is 5.02 Å². The number of ketones is 1. The lowest BCUT2D eigenvalue weighted by atomic mass is 10.1. The van der Waals surface area contributed by atoms with Gasteiger partial charge in [0.15, 0.2) is 0 Å². The maximum absolute atomic E-state index is 12.3. The quantitative estimate of drug-likeness (QED) is 0.738. The second-order valence-electron chi connectivity index (χ2n) is 5.06. The van der Waals surface area contributed by atoms with Gasteiger partial charge in [-0.3, -0.25) is 4.79 Å². The van der Waals surface area contributed by atoms with E-state index in [0.29, 0.717) is 17.9 Å². The maximum atomic E-state index is 12.3. The first kappa shape index (κ1) is 13.8.